The SMILES string of the molecule is CC(=O)c1c(C)c2cnc(Nc3ccc(C4CCNCC4)nc3)nc2n(C2CCCC2)c1=O. The molecule has 0 atom stereocenters. The molecule has 0 spiro atoms. The van der Waals surface area contributed by atoms with Crippen molar-refractivity contribution in [2.24, 2.45) is 0 Å². The number of nitrogens with one attached hydrogen (secondary N) is 2. The number of piperidine rings is 1. The molecule has 0 radical (unpaired) electrons. The lowest BCUT2D eigenvalue weighted by Crippen LogP contribution is -2.30. The molecule has 33 heavy (non-hydrogen) atoms. The molecule has 0 bridgehead atoms. The Bertz CT molecular complexity index is 1240. The van der Waals surface area contributed by atoms with Crippen molar-refractivity contribution in [3.05, 3.63) is 51.7 Å². The summed E-state index contributed by atoms with van der Waals surface area (Å²) < 4.78 is 1.73. The summed E-state index contributed by atoms with van der Waals surface area (Å²) >= 11 is 0. The van der Waals surface area contributed by atoms with E-state index in [0.717, 1.165) is 68.4 Å². The predicted octanol–water partition coefficient (Wildman–Crippen LogP) is 4.02. The molecule has 0 unspecified atom stereocenters. The number of rotatable bonds is 5. The maximum Gasteiger partial charge on any atom is 0.263 e. The first-order chi connectivity index (χ1) is 16.0. The highest BCUT2D eigenvalue weighted by Gasteiger charge is 2.26. The number of pyridine rings is 2. The zero-order chi connectivity index (χ0) is 22.9. The molecular formula is C25H30N6O2. The highest BCUT2D eigenvalue weighted by atomic mass is 16.1. The van der Waals surface area contributed by atoms with Gasteiger partial charge in [0.1, 0.15) is 5.65 Å². The average molecular weight is 447 g/mol. The van der Waals surface area contributed by atoms with Crippen molar-refractivity contribution in [3.63, 3.8) is 0 Å². The quantitative estimate of drug-likeness (QED) is 0.571. The van der Waals surface area contributed by atoms with Crippen molar-refractivity contribution < 1.29 is 4.79 Å². The number of nitrogens with zero attached hydrogens (tertiary/aromatic N) is 4. The normalized spacial score (nSPS) is 17.5. The number of aromatic nitrogens is 4. The van der Waals surface area contributed by atoms with E-state index in [1.807, 2.05) is 12.3 Å². The van der Waals surface area contributed by atoms with Crippen LogP contribution in [0.3, 0.4) is 0 Å². The number of fused-ring (bicyclic) bond motifs is 1. The topological polar surface area (TPSA) is 102 Å². The highest BCUT2D eigenvalue weighted by molar-refractivity contribution is 5.99. The Morgan fingerprint density at radius 1 is 1.09 bits per heavy atom. The van der Waals surface area contributed by atoms with Crippen molar-refractivity contribution in [3.8, 4) is 0 Å². The minimum absolute atomic E-state index is 0.0624. The second kappa shape index (κ2) is 9.02. The van der Waals surface area contributed by atoms with Crippen molar-refractivity contribution in [2.75, 3.05) is 18.4 Å². The first kappa shape index (κ1) is 21.7. The molecule has 4 heterocycles. The fraction of sp³-hybridized carbons (Fsp3) is 0.480. The van der Waals surface area contributed by atoms with Crippen LogP contribution in [-0.4, -0.2) is 38.4 Å². The summed E-state index contributed by atoms with van der Waals surface area (Å²) in [4.78, 5) is 39.5. The van der Waals surface area contributed by atoms with E-state index in [2.05, 4.69) is 26.7 Å². The minimum atomic E-state index is -0.239. The molecule has 172 valence electrons. The van der Waals surface area contributed by atoms with Crippen LogP contribution < -0.4 is 16.2 Å². The van der Waals surface area contributed by atoms with Crippen LogP contribution in [-0.2, 0) is 0 Å². The molecule has 8 nitrogen and oxygen atoms in total. The smallest absolute Gasteiger partial charge is 0.263 e. The Kier molecular flexibility index (Phi) is 5.93. The molecule has 1 aliphatic heterocycles. The molecule has 0 amide bonds. The lowest BCUT2D eigenvalue weighted by atomic mass is 9.94. The summed E-state index contributed by atoms with van der Waals surface area (Å²) in [6, 6.07) is 4.13. The van der Waals surface area contributed by atoms with Gasteiger partial charge >= 0.3 is 0 Å². The molecule has 1 saturated heterocycles. The van der Waals surface area contributed by atoms with Gasteiger partial charge < -0.3 is 10.6 Å². The monoisotopic (exact) mass is 446 g/mol. The van der Waals surface area contributed by atoms with Crippen molar-refractivity contribution in [2.45, 2.75) is 64.3 Å². The van der Waals surface area contributed by atoms with E-state index in [-0.39, 0.29) is 22.9 Å². The number of carbonyl (C=O) groups excluding carboxylic acids is 1. The fourth-order valence-corrected chi connectivity index (χ4v) is 5.28. The number of hydrogen-bond donors (Lipinski definition) is 2. The second-order valence-corrected chi connectivity index (χ2v) is 9.22. The fourth-order valence-electron chi connectivity index (χ4n) is 5.28. The molecule has 3 aromatic heterocycles. The molecule has 2 N–H and O–H groups in total. The molecule has 8 heteroatoms. The van der Waals surface area contributed by atoms with E-state index in [9.17, 15) is 9.59 Å². The van der Waals surface area contributed by atoms with Crippen LogP contribution >= 0.6 is 0 Å². The molecule has 2 aliphatic rings. The Labute approximate surface area is 192 Å². The first-order valence-electron chi connectivity index (χ1n) is 11.9. The van der Waals surface area contributed by atoms with Gasteiger partial charge in [0.25, 0.3) is 5.56 Å². The largest absolute Gasteiger partial charge is 0.323 e. The number of anilines is 2. The average Bonchev–Trinajstić information content (AvgIpc) is 3.34. The minimum Gasteiger partial charge on any atom is -0.323 e. The van der Waals surface area contributed by atoms with Gasteiger partial charge in [-0.25, -0.2) is 4.98 Å². The van der Waals surface area contributed by atoms with Gasteiger partial charge in [0, 0.05) is 29.2 Å². The van der Waals surface area contributed by atoms with E-state index in [0.29, 0.717) is 23.1 Å². The Balaban J connectivity index is 1.51. The van der Waals surface area contributed by atoms with Gasteiger partial charge in [-0.05, 0) is 70.3 Å². The highest BCUT2D eigenvalue weighted by Crippen LogP contribution is 2.32. The third-order valence-electron chi connectivity index (χ3n) is 7.05. The van der Waals surface area contributed by atoms with Crippen LogP contribution in [0.4, 0.5) is 11.6 Å². The Morgan fingerprint density at radius 3 is 2.52 bits per heavy atom. The summed E-state index contributed by atoms with van der Waals surface area (Å²) in [7, 11) is 0. The lowest BCUT2D eigenvalue weighted by Gasteiger charge is -2.22. The van der Waals surface area contributed by atoms with Crippen LogP contribution in [0.15, 0.2) is 29.3 Å². The van der Waals surface area contributed by atoms with Crippen molar-refractivity contribution >= 4 is 28.5 Å². The zero-order valence-electron chi connectivity index (χ0n) is 19.2. The van der Waals surface area contributed by atoms with Gasteiger partial charge in [-0.1, -0.05) is 12.8 Å². The van der Waals surface area contributed by atoms with Gasteiger partial charge in [-0.2, -0.15) is 4.98 Å². The van der Waals surface area contributed by atoms with Gasteiger partial charge in [0.2, 0.25) is 5.95 Å². The van der Waals surface area contributed by atoms with Crippen LogP contribution in [0.1, 0.15) is 79.0 Å². The summed E-state index contributed by atoms with van der Waals surface area (Å²) in [5.74, 6) is 0.699. The Morgan fingerprint density at radius 2 is 1.85 bits per heavy atom. The van der Waals surface area contributed by atoms with Crippen LogP contribution in [0, 0.1) is 6.92 Å². The van der Waals surface area contributed by atoms with Gasteiger partial charge in [0.05, 0.1) is 17.4 Å². The lowest BCUT2D eigenvalue weighted by molar-refractivity contribution is 0.101. The van der Waals surface area contributed by atoms with Gasteiger partial charge in [-0.3, -0.25) is 19.1 Å². The number of hydrogen-bond acceptors (Lipinski definition) is 7. The van der Waals surface area contributed by atoms with Crippen LogP contribution in [0.25, 0.3) is 11.0 Å². The number of ketones is 1. The standard InChI is InChI=1S/C25H30N6O2/c1-15-20-14-28-25(29-18-7-8-21(27-13-18)17-9-11-26-12-10-17)30-23(20)31(19-5-3-4-6-19)24(33)22(15)16(2)32/h7-8,13-14,17,19,26H,3-6,9-12H2,1-2H3,(H,28,29,30). The van der Waals surface area contributed by atoms with Gasteiger partial charge in [-0.15, -0.1) is 0 Å². The maximum atomic E-state index is 13.3. The molecule has 5 rings (SSSR count). The molecular weight excluding hydrogens is 416 g/mol. The molecule has 1 saturated carbocycles. The number of aryl methyl sites for hydroxylation is 1. The molecule has 1 aliphatic carbocycles. The number of carbonyl (C=O) groups is 1. The maximum absolute atomic E-state index is 13.3. The predicted molar refractivity (Wildman–Crippen MR) is 128 cm³/mol. The van der Waals surface area contributed by atoms with E-state index in [1.54, 1.807) is 17.7 Å². The third kappa shape index (κ3) is 4.15. The second-order valence-electron chi connectivity index (χ2n) is 9.22. The molecule has 3 aromatic rings. The summed E-state index contributed by atoms with van der Waals surface area (Å²) in [6.45, 7) is 5.32. The van der Waals surface area contributed by atoms with E-state index < -0.39 is 0 Å². The van der Waals surface area contributed by atoms with E-state index >= 15 is 0 Å². The first-order valence-corrected chi connectivity index (χ1v) is 11.9. The molecule has 2 fully saturated rings. The third-order valence-corrected chi connectivity index (χ3v) is 7.05. The van der Waals surface area contributed by atoms with Crippen LogP contribution in [0.2, 0.25) is 0 Å². The van der Waals surface area contributed by atoms with E-state index in [1.165, 1.54) is 6.92 Å². The zero-order valence-corrected chi connectivity index (χ0v) is 19.2. The van der Waals surface area contributed by atoms with E-state index in [4.69, 9.17) is 4.98 Å². The van der Waals surface area contributed by atoms with Gasteiger partial charge in [0.15, 0.2) is 5.78 Å². The number of Topliss-reactive ketones (excluding diaryl/α,β-unsaturated/α-hetero) is 1. The van der Waals surface area contributed by atoms with Crippen LogP contribution in [0.5, 0.6) is 0 Å². The molecule has 0 aromatic carbocycles. The summed E-state index contributed by atoms with van der Waals surface area (Å²) in [6.07, 6.45) is 9.74. The Hall–Kier alpha value is -3.13. The van der Waals surface area contributed by atoms with Crippen molar-refractivity contribution in [1.82, 2.24) is 24.8 Å². The summed E-state index contributed by atoms with van der Waals surface area (Å²) in [5, 5.41) is 7.37. The van der Waals surface area contributed by atoms with Crippen molar-refractivity contribution in [1.29, 1.82) is 0 Å². The summed E-state index contributed by atoms with van der Waals surface area (Å²) in [5.41, 5.74) is 3.17.